The molecule has 1 saturated carbocycles. The molecule has 1 rings (SSSR count). The van der Waals surface area contributed by atoms with Gasteiger partial charge in [-0.25, -0.2) is 8.78 Å². The van der Waals surface area contributed by atoms with Crippen molar-refractivity contribution in [3.8, 4) is 0 Å². The first-order valence-corrected chi connectivity index (χ1v) is 4.15. The zero-order chi connectivity index (χ0) is 8.43. The van der Waals surface area contributed by atoms with Gasteiger partial charge in [0.05, 0.1) is 0 Å². The fourth-order valence-corrected chi connectivity index (χ4v) is 1.46. The Labute approximate surface area is 66.2 Å². The zero-order valence-electron chi connectivity index (χ0n) is 6.98. The first kappa shape index (κ1) is 8.91. The van der Waals surface area contributed by atoms with Gasteiger partial charge >= 0.3 is 0 Å². The molecule has 0 spiro atoms. The highest BCUT2D eigenvalue weighted by Crippen LogP contribution is 2.32. The Balaban J connectivity index is 2.26. The first-order valence-electron chi connectivity index (χ1n) is 4.15. The van der Waals surface area contributed by atoms with Crippen molar-refractivity contribution in [3.05, 3.63) is 0 Å². The van der Waals surface area contributed by atoms with Crippen molar-refractivity contribution in [1.82, 2.24) is 5.32 Å². The fourth-order valence-electron chi connectivity index (χ4n) is 1.46. The molecule has 1 N–H and O–H groups in total. The minimum absolute atomic E-state index is 0.0648. The fraction of sp³-hybridized carbons (Fsp3) is 1.00. The van der Waals surface area contributed by atoms with Crippen LogP contribution in [0.5, 0.6) is 0 Å². The molecule has 1 nitrogen and oxygen atoms in total. The van der Waals surface area contributed by atoms with Gasteiger partial charge in [0, 0.05) is 18.0 Å². The lowest BCUT2D eigenvalue weighted by molar-refractivity contribution is 0.00510. The molecule has 0 unspecified atom stereocenters. The van der Waals surface area contributed by atoms with Crippen LogP contribution in [0.4, 0.5) is 8.78 Å². The summed E-state index contributed by atoms with van der Waals surface area (Å²) in [4.78, 5) is 0. The van der Waals surface area contributed by atoms with Crippen molar-refractivity contribution in [2.45, 2.75) is 45.2 Å². The number of hydrogen-bond donors (Lipinski definition) is 1. The van der Waals surface area contributed by atoms with Crippen molar-refractivity contribution in [2.24, 2.45) is 5.92 Å². The van der Waals surface area contributed by atoms with E-state index >= 15 is 0 Å². The van der Waals surface area contributed by atoms with E-state index in [1.165, 1.54) is 0 Å². The lowest BCUT2D eigenvalue weighted by atomic mass is 9.79. The summed E-state index contributed by atoms with van der Waals surface area (Å²) in [6.45, 7) is 3.97. The third-order valence-electron chi connectivity index (χ3n) is 2.20. The van der Waals surface area contributed by atoms with Gasteiger partial charge in [0.2, 0.25) is 6.43 Å². The van der Waals surface area contributed by atoms with E-state index in [1.807, 2.05) is 13.8 Å². The van der Waals surface area contributed by atoms with E-state index in [9.17, 15) is 8.78 Å². The predicted octanol–water partition coefficient (Wildman–Crippen LogP) is 2.03. The van der Waals surface area contributed by atoms with Gasteiger partial charge in [0.15, 0.2) is 0 Å². The number of hydrogen-bond acceptors (Lipinski definition) is 1. The van der Waals surface area contributed by atoms with Crippen LogP contribution in [0.25, 0.3) is 0 Å². The molecule has 0 amide bonds. The topological polar surface area (TPSA) is 12.0 Å². The summed E-state index contributed by atoms with van der Waals surface area (Å²) in [5.41, 5.74) is 0. The van der Waals surface area contributed by atoms with Crippen LogP contribution in [0.15, 0.2) is 0 Å². The van der Waals surface area contributed by atoms with E-state index in [0.717, 1.165) is 6.42 Å². The van der Waals surface area contributed by atoms with Gasteiger partial charge < -0.3 is 5.32 Å². The summed E-state index contributed by atoms with van der Waals surface area (Å²) in [6.07, 6.45) is -0.546. The van der Waals surface area contributed by atoms with Crippen molar-refractivity contribution in [1.29, 1.82) is 0 Å². The van der Waals surface area contributed by atoms with Gasteiger partial charge in [-0.1, -0.05) is 13.8 Å². The normalized spacial score (nSPS) is 31.1. The second-order valence-electron chi connectivity index (χ2n) is 3.50. The molecule has 0 saturated heterocycles. The minimum Gasteiger partial charge on any atom is -0.311 e. The molecular formula is C8H15F2N. The average Bonchev–Trinajstić information content (AvgIpc) is 1.78. The van der Waals surface area contributed by atoms with Crippen LogP contribution in [-0.4, -0.2) is 18.5 Å². The summed E-state index contributed by atoms with van der Waals surface area (Å²) in [5.74, 6) is -0.391. The molecule has 3 heteroatoms. The molecule has 11 heavy (non-hydrogen) atoms. The Bertz CT molecular complexity index is 125. The van der Waals surface area contributed by atoms with E-state index in [4.69, 9.17) is 0 Å². The molecule has 66 valence electrons. The van der Waals surface area contributed by atoms with E-state index in [1.54, 1.807) is 0 Å². The zero-order valence-corrected chi connectivity index (χ0v) is 6.98. The smallest absolute Gasteiger partial charge is 0.242 e. The Morgan fingerprint density at radius 2 is 1.91 bits per heavy atom. The van der Waals surface area contributed by atoms with Crippen molar-refractivity contribution in [3.63, 3.8) is 0 Å². The molecule has 1 aliphatic rings. The molecule has 0 aliphatic heterocycles. The monoisotopic (exact) mass is 163 g/mol. The number of alkyl halides is 2. The number of nitrogens with one attached hydrogen (secondary N) is 1. The maximum absolute atomic E-state index is 12.1. The quantitative estimate of drug-likeness (QED) is 0.671. The maximum atomic E-state index is 12.1. The Kier molecular flexibility index (Phi) is 2.82. The standard InChI is InChI=1S/C8H15F2N/c1-5(2)11-7-4-3-6(7)8(9)10/h5-8,11H,3-4H2,1-2H3/t6-,7-/m1/s1. The number of halogens is 2. The van der Waals surface area contributed by atoms with Gasteiger partial charge in [-0.15, -0.1) is 0 Å². The van der Waals surface area contributed by atoms with Crippen molar-refractivity contribution in [2.75, 3.05) is 0 Å². The lowest BCUT2D eigenvalue weighted by Crippen LogP contribution is -2.49. The molecule has 0 bridgehead atoms. The molecule has 0 radical (unpaired) electrons. The second kappa shape index (κ2) is 3.48. The minimum atomic E-state index is -2.14. The molecule has 1 fully saturated rings. The molecular weight excluding hydrogens is 148 g/mol. The van der Waals surface area contributed by atoms with Crippen LogP contribution >= 0.6 is 0 Å². The first-order chi connectivity index (χ1) is 5.11. The number of rotatable bonds is 3. The summed E-state index contributed by atoms with van der Waals surface area (Å²) in [7, 11) is 0. The Hall–Kier alpha value is -0.180. The second-order valence-corrected chi connectivity index (χ2v) is 3.50. The van der Waals surface area contributed by atoms with E-state index in [2.05, 4.69) is 5.32 Å². The van der Waals surface area contributed by atoms with Crippen LogP contribution in [-0.2, 0) is 0 Å². The SMILES string of the molecule is CC(C)N[C@@H]1CC[C@H]1C(F)F. The van der Waals surface area contributed by atoms with Gasteiger partial charge in [-0.2, -0.15) is 0 Å². The van der Waals surface area contributed by atoms with Gasteiger partial charge in [-0.3, -0.25) is 0 Å². The van der Waals surface area contributed by atoms with Crippen LogP contribution in [0.2, 0.25) is 0 Å². The average molecular weight is 163 g/mol. The van der Waals surface area contributed by atoms with Crippen LogP contribution in [0.3, 0.4) is 0 Å². The molecule has 1 aliphatic carbocycles. The third-order valence-corrected chi connectivity index (χ3v) is 2.20. The van der Waals surface area contributed by atoms with E-state index in [0.29, 0.717) is 12.5 Å². The summed E-state index contributed by atoms with van der Waals surface area (Å²) in [6, 6.07) is 0.386. The Morgan fingerprint density at radius 1 is 1.27 bits per heavy atom. The highest BCUT2D eigenvalue weighted by atomic mass is 19.3. The molecule has 0 aromatic rings. The molecule has 2 atom stereocenters. The summed E-state index contributed by atoms with van der Waals surface area (Å²) >= 11 is 0. The highest BCUT2D eigenvalue weighted by Gasteiger charge is 2.37. The largest absolute Gasteiger partial charge is 0.311 e. The molecule has 0 aromatic heterocycles. The summed E-state index contributed by atoms with van der Waals surface area (Å²) < 4.78 is 24.3. The van der Waals surface area contributed by atoms with Gasteiger partial charge in [0.1, 0.15) is 0 Å². The molecule has 0 heterocycles. The lowest BCUT2D eigenvalue weighted by Gasteiger charge is -2.37. The maximum Gasteiger partial charge on any atom is 0.242 e. The summed E-state index contributed by atoms with van der Waals surface area (Å²) in [5, 5.41) is 3.13. The Morgan fingerprint density at radius 3 is 2.18 bits per heavy atom. The van der Waals surface area contributed by atoms with Crippen molar-refractivity contribution >= 4 is 0 Å². The van der Waals surface area contributed by atoms with Gasteiger partial charge in [0.25, 0.3) is 0 Å². The van der Waals surface area contributed by atoms with E-state index in [-0.39, 0.29) is 6.04 Å². The van der Waals surface area contributed by atoms with Crippen LogP contribution in [0, 0.1) is 5.92 Å². The highest BCUT2D eigenvalue weighted by molar-refractivity contribution is 4.88. The van der Waals surface area contributed by atoms with Crippen LogP contribution < -0.4 is 5.32 Å². The van der Waals surface area contributed by atoms with E-state index < -0.39 is 12.3 Å². The molecule has 0 aromatic carbocycles. The van der Waals surface area contributed by atoms with Gasteiger partial charge in [-0.05, 0) is 12.8 Å². The van der Waals surface area contributed by atoms with Crippen molar-refractivity contribution < 1.29 is 8.78 Å². The van der Waals surface area contributed by atoms with Crippen LogP contribution in [0.1, 0.15) is 26.7 Å². The predicted molar refractivity (Wildman–Crippen MR) is 40.8 cm³/mol. The third kappa shape index (κ3) is 2.12.